The fourth-order valence-electron chi connectivity index (χ4n) is 1.54. The molecule has 0 fully saturated rings. The van der Waals surface area contributed by atoms with E-state index in [1.54, 1.807) is 0 Å². The number of rotatable bonds is 7. The monoisotopic (exact) mass is 395 g/mol. The molecule has 3 nitrogen and oxygen atoms in total. The van der Waals surface area contributed by atoms with Crippen LogP contribution in [0.4, 0.5) is 0 Å². The second-order valence-electron chi connectivity index (χ2n) is 4.70. The molecule has 0 aromatic carbocycles. The number of nitrogens with one attached hydrogen (secondary N) is 2. The predicted molar refractivity (Wildman–Crippen MR) is 96.9 cm³/mol. The molecule has 0 spiro atoms. The van der Waals surface area contributed by atoms with Crippen LogP contribution in [0.3, 0.4) is 0 Å². The normalized spacial score (nSPS) is 11.3. The third kappa shape index (κ3) is 9.27. The molecule has 5 heteroatoms. The fourth-order valence-corrected chi connectivity index (χ4v) is 2.24. The number of halogens is 1. The van der Waals surface area contributed by atoms with Gasteiger partial charge in [0.1, 0.15) is 0 Å². The van der Waals surface area contributed by atoms with Crippen LogP contribution in [0.2, 0.25) is 0 Å². The van der Waals surface area contributed by atoms with Crippen LogP contribution < -0.4 is 10.6 Å². The topological polar surface area (TPSA) is 36.4 Å². The molecule has 0 atom stereocenters. The average Bonchev–Trinajstić information content (AvgIpc) is 2.81. The van der Waals surface area contributed by atoms with Gasteiger partial charge in [-0.3, -0.25) is 4.99 Å². The summed E-state index contributed by atoms with van der Waals surface area (Å²) in [6, 6.07) is 4.27. The molecular weight excluding hydrogens is 369 g/mol. The first-order valence-corrected chi connectivity index (χ1v) is 7.65. The molecule has 2 N–H and O–H groups in total. The van der Waals surface area contributed by atoms with Gasteiger partial charge in [0.2, 0.25) is 0 Å². The molecule has 1 rings (SSSR count). The molecule has 0 aliphatic rings. The van der Waals surface area contributed by atoms with Crippen molar-refractivity contribution in [2.75, 3.05) is 19.6 Å². The summed E-state index contributed by atoms with van der Waals surface area (Å²) in [4.78, 5) is 5.99. The summed E-state index contributed by atoms with van der Waals surface area (Å²) in [5.41, 5.74) is 0. The molecule has 0 aliphatic heterocycles. The molecule has 1 aromatic heterocycles. The van der Waals surface area contributed by atoms with E-state index in [-0.39, 0.29) is 24.0 Å². The molecule has 0 unspecified atom stereocenters. The van der Waals surface area contributed by atoms with Crippen LogP contribution in [0.5, 0.6) is 0 Å². The van der Waals surface area contributed by atoms with Crippen molar-refractivity contribution in [3.63, 3.8) is 0 Å². The summed E-state index contributed by atoms with van der Waals surface area (Å²) >= 11 is 1.81. The van der Waals surface area contributed by atoms with E-state index >= 15 is 0 Å². The smallest absolute Gasteiger partial charge is 0.191 e. The van der Waals surface area contributed by atoms with E-state index < -0.39 is 0 Å². The van der Waals surface area contributed by atoms with Crippen molar-refractivity contribution in [2.45, 2.75) is 33.6 Å². The Labute approximate surface area is 138 Å². The third-order valence-corrected chi connectivity index (χ3v) is 3.50. The second kappa shape index (κ2) is 11.5. The van der Waals surface area contributed by atoms with Crippen LogP contribution in [0, 0.1) is 5.92 Å². The second-order valence-corrected chi connectivity index (χ2v) is 5.73. The van der Waals surface area contributed by atoms with Crippen molar-refractivity contribution in [3.05, 3.63) is 22.4 Å². The quantitative estimate of drug-likeness (QED) is 0.421. The van der Waals surface area contributed by atoms with Crippen LogP contribution in [0.25, 0.3) is 0 Å². The maximum absolute atomic E-state index is 4.57. The molecule has 0 aliphatic carbocycles. The van der Waals surface area contributed by atoms with Crippen LogP contribution in [0.1, 0.15) is 32.1 Å². The summed E-state index contributed by atoms with van der Waals surface area (Å²) in [5.74, 6) is 1.65. The lowest BCUT2D eigenvalue weighted by molar-refractivity contribution is 0.594. The van der Waals surface area contributed by atoms with Gasteiger partial charge in [-0.25, -0.2) is 0 Å². The Hall–Kier alpha value is -0.300. The largest absolute Gasteiger partial charge is 0.357 e. The zero-order valence-corrected chi connectivity index (χ0v) is 15.3. The molecule has 1 aromatic rings. The maximum atomic E-state index is 4.57. The Morgan fingerprint density at radius 3 is 2.74 bits per heavy atom. The van der Waals surface area contributed by atoms with Gasteiger partial charge < -0.3 is 10.6 Å². The van der Waals surface area contributed by atoms with Crippen LogP contribution >= 0.6 is 35.3 Å². The Kier molecular flexibility index (Phi) is 11.3. The van der Waals surface area contributed by atoms with Gasteiger partial charge in [0.15, 0.2) is 5.96 Å². The highest BCUT2D eigenvalue weighted by Gasteiger charge is 1.98. The Bertz CT molecular complexity index is 336. The van der Waals surface area contributed by atoms with Gasteiger partial charge >= 0.3 is 0 Å². The SMILES string of the molecule is CCNC(=NCCC(C)C)NCCc1cccs1.I. The van der Waals surface area contributed by atoms with Gasteiger partial charge in [0.05, 0.1) is 0 Å². The summed E-state index contributed by atoms with van der Waals surface area (Å²) in [7, 11) is 0. The van der Waals surface area contributed by atoms with Crippen LogP contribution in [-0.4, -0.2) is 25.6 Å². The summed E-state index contributed by atoms with van der Waals surface area (Å²) in [6.45, 7) is 9.30. The first-order chi connectivity index (χ1) is 8.72. The Morgan fingerprint density at radius 2 is 2.16 bits per heavy atom. The fraction of sp³-hybridized carbons (Fsp3) is 0.643. The molecule has 19 heavy (non-hydrogen) atoms. The van der Waals surface area contributed by atoms with Crippen LogP contribution in [-0.2, 0) is 6.42 Å². The standard InChI is InChI=1S/C14H25N3S.HI/c1-4-15-14(16-9-7-12(2)3)17-10-8-13-6-5-11-18-13;/h5-6,11-12H,4,7-10H2,1-3H3,(H2,15,16,17);1H. The van der Waals surface area contributed by atoms with Gasteiger partial charge in [-0.1, -0.05) is 19.9 Å². The number of nitrogens with zero attached hydrogens (tertiary/aromatic N) is 1. The number of hydrogen-bond acceptors (Lipinski definition) is 2. The van der Waals surface area contributed by atoms with Gasteiger partial charge in [0, 0.05) is 24.5 Å². The number of aliphatic imine (C=N–C) groups is 1. The molecule has 0 saturated heterocycles. The zero-order valence-electron chi connectivity index (χ0n) is 12.1. The van der Waals surface area contributed by atoms with E-state index in [1.807, 2.05) is 11.3 Å². The summed E-state index contributed by atoms with van der Waals surface area (Å²) < 4.78 is 0. The maximum Gasteiger partial charge on any atom is 0.191 e. The molecule has 110 valence electrons. The minimum atomic E-state index is 0. The van der Waals surface area contributed by atoms with Crippen LogP contribution in [0.15, 0.2) is 22.5 Å². The van der Waals surface area contributed by atoms with E-state index in [9.17, 15) is 0 Å². The molecule has 0 saturated carbocycles. The predicted octanol–water partition coefficient (Wildman–Crippen LogP) is 3.51. The van der Waals surface area contributed by atoms with Crippen molar-refractivity contribution >= 4 is 41.3 Å². The molecule has 1 heterocycles. The van der Waals surface area contributed by atoms with E-state index in [1.165, 1.54) is 4.88 Å². The summed E-state index contributed by atoms with van der Waals surface area (Å²) in [5, 5.41) is 8.78. The first kappa shape index (κ1) is 18.7. The minimum Gasteiger partial charge on any atom is -0.357 e. The minimum absolute atomic E-state index is 0. The van der Waals surface area contributed by atoms with E-state index in [2.05, 4.69) is 53.9 Å². The lowest BCUT2D eigenvalue weighted by atomic mass is 10.1. The van der Waals surface area contributed by atoms with Gasteiger partial charge in [-0.15, -0.1) is 35.3 Å². The number of hydrogen-bond donors (Lipinski definition) is 2. The molecule has 0 radical (unpaired) electrons. The highest BCUT2D eigenvalue weighted by molar-refractivity contribution is 14.0. The van der Waals surface area contributed by atoms with Crippen molar-refractivity contribution < 1.29 is 0 Å². The lowest BCUT2D eigenvalue weighted by Gasteiger charge is -2.11. The first-order valence-electron chi connectivity index (χ1n) is 6.77. The van der Waals surface area contributed by atoms with Gasteiger partial charge in [-0.05, 0) is 37.1 Å². The Balaban J connectivity index is 0.00000324. The lowest BCUT2D eigenvalue weighted by Crippen LogP contribution is -2.38. The van der Waals surface area contributed by atoms with E-state index in [4.69, 9.17) is 0 Å². The van der Waals surface area contributed by atoms with Crippen molar-refractivity contribution in [1.29, 1.82) is 0 Å². The highest BCUT2D eigenvalue weighted by Crippen LogP contribution is 2.07. The van der Waals surface area contributed by atoms with Gasteiger partial charge in [-0.2, -0.15) is 0 Å². The zero-order chi connectivity index (χ0) is 13.2. The molecule has 0 amide bonds. The average molecular weight is 395 g/mol. The third-order valence-electron chi connectivity index (χ3n) is 2.56. The molecule has 0 bridgehead atoms. The van der Waals surface area contributed by atoms with E-state index in [0.29, 0.717) is 5.92 Å². The number of guanidine groups is 1. The molecular formula is C14H26IN3S. The van der Waals surface area contributed by atoms with Crippen molar-refractivity contribution in [2.24, 2.45) is 10.9 Å². The Morgan fingerprint density at radius 1 is 1.37 bits per heavy atom. The van der Waals surface area contributed by atoms with E-state index in [0.717, 1.165) is 38.4 Å². The van der Waals surface area contributed by atoms with Crippen molar-refractivity contribution in [3.8, 4) is 0 Å². The highest BCUT2D eigenvalue weighted by atomic mass is 127. The number of thiophene rings is 1. The van der Waals surface area contributed by atoms with Crippen molar-refractivity contribution in [1.82, 2.24) is 10.6 Å². The summed E-state index contributed by atoms with van der Waals surface area (Å²) in [6.07, 6.45) is 2.20. The van der Waals surface area contributed by atoms with Gasteiger partial charge in [0.25, 0.3) is 0 Å².